The number of thiophene rings is 1. The zero-order chi connectivity index (χ0) is 19.1. The van der Waals surface area contributed by atoms with Gasteiger partial charge in [0.25, 0.3) is 5.91 Å². The van der Waals surface area contributed by atoms with Gasteiger partial charge in [0, 0.05) is 4.88 Å². The molecule has 0 radical (unpaired) electrons. The maximum Gasteiger partial charge on any atom is 0.258 e. The topological polar surface area (TPSA) is 67.4 Å². The van der Waals surface area contributed by atoms with Crippen LogP contribution in [0.2, 0.25) is 0 Å². The highest BCUT2D eigenvalue weighted by molar-refractivity contribution is 7.09. The van der Waals surface area contributed by atoms with Crippen molar-refractivity contribution >= 4 is 23.2 Å². The fourth-order valence-corrected chi connectivity index (χ4v) is 3.97. The molecule has 0 bridgehead atoms. The third-order valence-corrected chi connectivity index (χ3v) is 5.60. The third kappa shape index (κ3) is 5.07. The van der Waals surface area contributed by atoms with E-state index in [1.54, 1.807) is 23.5 Å². The first-order valence-electron chi connectivity index (χ1n) is 9.08. The number of hydrogen-bond acceptors (Lipinski definition) is 4. The molecule has 0 saturated heterocycles. The van der Waals surface area contributed by atoms with Gasteiger partial charge in [-0.3, -0.25) is 9.59 Å². The molecule has 144 valence electrons. The van der Waals surface area contributed by atoms with Gasteiger partial charge in [-0.25, -0.2) is 4.39 Å². The zero-order valence-electron chi connectivity index (χ0n) is 15.0. The lowest BCUT2D eigenvalue weighted by atomic mass is 9.80. The number of amides is 2. The number of nitrogens with one attached hydrogen (secondary N) is 2. The molecule has 0 aliphatic heterocycles. The van der Waals surface area contributed by atoms with Crippen LogP contribution in [0, 0.1) is 5.82 Å². The minimum absolute atomic E-state index is 0.0208. The molecule has 1 aromatic carbocycles. The molecule has 2 N–H and O–H groups in total. The van der Waals surface area contributed by atoms with Crippen molar-refractivity contribution < 1.29 is 18.7 Å². The van der Waals surface area contributed by atoms with Gasteiger partial charge in [0.05, 0.1) is 6.54 Å². The summed E-state index contributed by atoms with van der Waals surface area (Å²) in [7, 11) is 0. The summed E-state index contributed by atoms with van der Waals surface area (Å²) in [6.07, 6.45) is 3.98. The smallest absolute Gasteiger partial charge is 0.258 e. The minimum atomic E-state index is -0.925. The van der Waals surface area contributed by atoms with Crippen molar-refractivity contribution in [2.75, 3.05) is 6.61 Å². The number of rotatable bonds is 7. The van der Waals surface area contributed by atoms with E-state index in [0.717, 1.165) is 24.1 Å². The van der Waals surface area contributed by atoms with Gasteiger partial charge in [0.2, 0.25) is 5.91 Å². The highest BCUT2D eigenvalue weighted by Gasteiger charge is 2.40. The molecule has 1 fully saturated rings. The van der Waals surface area contributed by atoms with E-state index >= 15 is 0 Å². The van der Waals surface area contributed by atoms with Gasteiger partial charge in [0.1, 0.15) is 5.54 Å². The Morgan fingerprint density at radius 1 is 1.11 bits per heavy atom. The minimum Gasteiger partial charge on any atom is -0.481 e. The SMILES string of the molecule is O=C(COc1ccccc1F)NC1(C(=O)NCc2cccs2)CCCCC1. The van der Waals surface area contributed by atoms with E-state index in [2.05, 4.69) is 10.6 Å². The quantitative estimate of drug-likeness (QED) is 0.761. The van der Waals surface area contributed by atoms with Crippen LogP contribution in [0.3, 0.4) is 0 Å². The zero-order valence-corrected chi connectivity index (χ0v) is 15.8. The van der Waals surface area contributed by atoms with Crippen LogP contribution in [0.5, 0.6) is 5.75 Å². The second-order valence-corrected chi connectivity index (χ2v) is 7.70. The van der Waals surface area contributed by atoms with Crippen molar-refractivity contribution in [3.05, 3.63) is 52.5 Å². The van der Waals surface area contributed by atoms with Crippen LogP contribution < -0.4 is 15.4 Å². The first kappa shape index (κ1) is 19.4. The molecule has 5 nitrogen and oxygen atoms in total. The highest BCUT2D eigenvalue weighted by atomic mass is 32.1. The van der Waals surface area contributed by atoms with Gasteiger partial charge in [-0.2, -0.15) is 0 Å². The molecule has 1 saturated carbocycles. The summed E-state index contributed by atoms with van der Waals surface area (Å²) in [4.78, 5) is 26.3. The third-order valence-electron chi connectivity index (χ3n) is 4.72. The Bertz CT molecular complexity index is 773. The number of hydrogen-bond donors (Lipinski definition) is 2. The Balaban J connectivity index is 1.60. The lowest BCUT2D eigenvalue weighted by molar-refractivity contribution is -0.136. The van der Waals surface area contributed by atoms with Crippen molar-refractivity contribution in [1.29, 1.82) is 0 Å². The predicted molar refractivity (Wildman–Crippen MR) is 102 cm³/mol. The Labute approximate surface area is 161 Å². The highest BCUT2D eigenvalue weighted by Crippen LogP contribution is 2.29. The molecule has 0 unspecified atom stereocenters. The summed E-state index contributed by atoms with van der Waals surface area (Å²) in [5, 5.41) is 7.75. The van der Waals surface area contributed by atoms with Gasteiger partial charge < -0.3 is 15.4 Å². The van der Waals surface area contributed by atoms with E-state index < -0.39 is 17.3 Å². The number of carbonyl (C=O) groups excluding carboxylic acids is 2. The lowest BCUT2D eigenvalue weighted by Gasteiger charge is -2.36. The normalized spacial score (nSPS) is 15.7. The van der Waals surface area contributed by atoms with E-state index in [1.165, 1.54) is 12.1 Å². The van der Waals surface area contributed by atoms with Crippen molar-refractivity contribution in [3.63, 3.8) is 0 Å². The van der Waals surface area contributed by atoms with E-state index in [-0.39, 0.29) is 18.3 Å². The lowest BCUT2D eigenvalue weighted by Crippen LogP contribution is -2.60. The molecule has 1 heterocycles. The monoisotopic (exact) mass is 390 g/mol. The van der Waals surface area contributed by atoms with Crippen LogP contribution in [0.15, 0.2) is 41.8 Å². The average Bonchev–Trinajstić information content (AvgIpc) is 3.20. The fourth-order valence-electron chi connectivity index (χ4n) is 3.32. The average molecular weight is 390 g/mol. The summed E-state index contributed by atoms with van der Waals surface area (Å²) in [6, 6.07) is 9.82. The van der Waals surface area contributed by atoms with Gasteiger partial charge in [-0.05, 0) is 36.4 Å². The van der Waals surface area contributed by atoms with Gasteiger partial charge in [0.15, 0.2) is 18.2 Å². The molecule has 27 heavy (non-hydrogen) atoms. The largest absolute Gasteiger partial charge is 0.481 e. The maximum atomic E-state index is 13.6. The van der Waals surface area contributed by atoms with Gasteiger partial charge >= 0.3 is 0 Å². The van der Waals surface area contributed by atoms with E-state index in [4.69, 9.17) is 4.74 Å². The number of ether oxygens (including phenoxy) is 1. The molecule has 1 aliphatic carbocycles. The van der Waals surface area contributed by atoms with Crippen LogP contribution in [0.25, 0.3) is 0 Å². The van der Waals surface area contributed by atoms with Crippen molar-refractivity contribution in [1.82, 2.24) is 10.6 Å². The second kappa shape index (κ2) is 8.99. The van der Waals surface area contributed by atoms with E-state index in [0.29, 0.717) is 19.4 Å². The summed E-state index contributed by atoms with van der Waals surface area (Å²) < 4.78 is 18.9. The molecule has 1 aliphatic rings. The molecule has 2 amide bonds. The van der Waals surface area contributed by atoms with E-state index in [1.807, 2.05) is 17.5 Å². The molecule has 7 heteroatoms. The van der Waals surface area contributed by atoms with Crippen LogP contribution in [0.4, 0.5) is 4.39 Å². The van der Waals surface area contributed by atoms with Crippen LogP contribution in [-0.2, 0) is 16.1 Å². The first-order chi connectivity index (χ1) is 13.1. The molecule has 2 aromatic rings. The van der Waals surface area contributed by atoms with Crippen LogP contribution >= 0.6 is 11.3 Å². The number of carbonyl (C=O) groups is 2. The van der Waals surface area contributed by atoms with Gasteiger partial charge in [-0.15, -0.1) is 11.3 Å². The Morgan fingerprint density at radius 2 is 1.89 bits per heavy atom. The Kier molecular flexibility index (Phi) is 6.45. The summed E-state index contributed by atoms with van der Waals surface area (Å²) >= 11 is 1.57. The molecule has 0 atom stereocenters. The van der Waals surface area contributed by atoms with Crippen molar-refractivity contribution in [2.45, 2.75) is 44.2 Å². The predicted octanol–water partition coefficient (Wildman–Crippen LogP) is 3.40. The van der Waals surface area contributed by atoms with E-state index in [9.17, 15) is 14.0 Å². The molecule has 1 aromatic heterocycles. The molecular formula is C20H23FN2O3S. The number of benzene rings is 1. The summed E-state index contributed by atoms with van der Waals surface area (Å²) in [5.74, 6) is -1.10. The fraction of sp³-hybridized carbons (Fsp3) is 0.400. The number of halogens is 1. The van der Waals surface area contributed by atoms with Gasteiger partial charge in [-0.1, -0.05) is 37.5 Å². The van der Waals surface area contributed by atoms with Crippen molar-refractivity contribution in [3.8, 4) is 5.75 Å². The summed E-state index contributed by atoms with van der Waals surface area (Å²) in [5.41, 5.74) is -0.925. The number of para-hydroxylation sites is 1. The first-order valence-corrected chi connectivity index (χ1v) is 9.96. The molecule has 0 spiro atoms. The Hall–Kier alpha value is -2.41. The standard InChI is InChI=1S/C20H23FN2O3S/c21-16-8-2-3-9-17(16)26-14-18(24)23-20(10-4-1-5-11-20)19(25)22-13-15-7-6-12-27-15/h2-3,6-9,12H,1,4-5,10-11,13-14H2,(H,22,25)(H,23,24). The molecular weight excluding hydrogens is 367 g/mol. The second-order valence-electron chi connectivity index (χ2n) is 6.67. The summed E-state index contributed by atoms with van der Waals surface area (Å²) in [6.45, 7) is 0.112. The van der Waals surface area contributed by atoms with Crippen LogP contribution in [-0.4, -0.2) is 24.0 Å². The molecule has 3 rings (SSSR count). The van der Waals surface area contributed by atoms with Crippen LogP contribution in [0.1, 0.15) is 37.0 Å². The van der Waals surface area contributed by atoms with Crippen molar-refractivity contribution in [2.24, 2.45) is 0 Å². The maximum absolute atomic E-state index is 13.6. The Morgan fingerprint density at radius 3 is 2.59 bits per heavy atom.